The van der Waals surface area contributed by atoms with E-state index in [0.717, 1.165) is 23.2 Å². The highest BCUT2D eigenvalue weighted by Gasteiger charge is 2.21. The molecule has 0 bridgehead atoms. The molecule has 0 atom stereocenters. The van der Waals surface area contributed by atoms with Crippen LogP contribution in [0.15, 0.2) is 40.9 Å². The van der Waals surface area contributed by atoms with E-state index in [2.05, 4.69) is 40.2 Å². The van der Waals surface area contributed by atoms with Gasteiger partial charge in [0.15, 0.2) is 17.3 Å². The first-order valence-corrected chi connectivity index (χ1v) is 8.66. The molecule has 3 aromatic rings. The maximum Gasteiger partial charge on any atom is 0.240 e. The lowest BCUT2D eigenvalue weighted by Crippen LogP contribution is -2.25. The Labute approximate surface area is 152 Å². The Balaban J connectivity index is 1.66. The summed E-state index contributed by atoms with van der Waals surface area (Å²) in [6.45, 7) is 6.29. The first-order valence-electron chi connectivity index (χ1n) is 8.66. The minimum absolute atomic E-state index is 0.177. The molecule has 0 spiro atoms. The number of aromatic hydroxyl groups is 1. The Hall–Kier alpha value is -2.86. The van der Waals surface area contributed by atoms with Crippen molar-refractivity contribution in [2.24, 2.45) is 0 Å². The molecule has 0 aliphatic carbocycles. The SMILES string of the molecule is Cc1noc(CN2CCOc3c(O)cc(-c4ccccc4C)cc3C2)n1. The van der Waals surface area contributed by atoms with Gasteiger partial charge in [-0.3, -0.25) is 4.90 Å². The summed E-state index contributed by atoms with van der Waals surface area (Å²) >= 11 is 0. The fourth-order valence-corrected chi connectivity index (χ4v) is 3.34. The normalized spacial score (nSPS) is 14.5. The summed E-state index contributed by atoms with van der Waals surface area (Å²) in [5, 5.41) is 14.4. The molecule has 6 nitrogen and oxygen atoms in total. The number of aryl methyl sites for hydroxylation is 2. The number of rotatable bonds is 3. The highest BCUT2D eigenvalue weighted by atomic mass is 16.5. The van der Waals surface area contributed by atoms with Crippen molar-refractivity contribution in [3.8, 4) is 22.6 Å². The van der Waals surface area contributed by atoms with E-state index in [-0.39, 0.29) is 5.75 Å². The Bertz CT molecular complexity index is 936. The Morgan fingerprint density at radius 2 is 2.04 bits per heavy atom. The van der Waals surface area contributed by atoms with Crippen LogP contribution in [-0.2, 0) is 13.1 Å². The molecule has 0 saturated carbocycles. The third-order valence-electron chi connectivity index (χ3n) is 4.58. The Morgan fingerprint density at radius 1 is 1.19 bits per heavy atom. The number of fused-ring (bicyclic) bond motifs is 1. The molecule has 2 aromatic carbocycles. The second-order valence-electron chi connectivity index (χ2n) is 6.59. The zero-order chi connectivity index (χ0) is 18.1. The molecule has 0 radical (unpaired) electrons. The molecule has 134 valence electrons. The van der Waals surface area contributed by atoms with Crippen LogP contribution < -0.4 is 4.74 Å². The van der Waals surface area contributed by atoms with Gasteiger partial charge < -0.3 is 14.4 Å². The number of benzene rings is 2. The second-order valence-corrected chi connectivity index (χ2v) is 6.59. The smallest absolute Gasteiger partial charge is 0.240 e. The third-order valence-corrected chi connectivity index (χ3v) is 4.58. The molecule has 1 aliphatic rings. The molecule has 6 heteroatoms. The number of hydrogen-bond donors (Lipinski definition) is 1. The van der Waals surface area contributed by atoms with Gasteiger partial charge in [-0.1, -0.05) is 29.4 Å². The van der Waals surface area contributed by atoms with Crippen LogP contribution in [0.3, 0.4) is 0 Å². The second kappa shape index (κ2) is 6.80. The van der Waals surface area contributed by atoms with E-state index in [1.807, 2.05) is 12.1 Å². The zero-order valence-electron chi connectivity index (χ0n) is 14.9. The Kier molecular flexibility index (Phi) is 4.34. The van der Waals surface area contributed by atoms with Crippen molar-refractivity contribution in [1.82, 2.24) is 15.0 Å². The van der Waals surface area contributed by atoms with Crippen LogP contribution in [0.1, 0.15) is 22.8 Å². The highest BCUT2D eigenvalue weighted by molar-refractivity contribution is 5.71. The molecule has 1 aliphatic heterocycles. The van der Waals surface area contributed by atoms with Gasteiger partial charge in [-0.15, -0.1) is 0 Å². The van der Waals surface area contributed by atoms with Gasteiger partial charge in [0.25, 0.3) is 0 Å². The number of aromatic nitrogens is 2. The van der Waals surface area contributed by atoms with Gasteiger partial charge in [0, 0.05) is 18.7 Å². The van der Waals surface area contributed by atoms with Crippen LogP contribution >= 0.6 is 0 Å². The first kappa shape index (κ1) is 16.6. The van der Waals surface area contributed by atoms with Gasteiger partial charge in [-0.05, 0) is 42.7 Å². The summed E-state index contributed by atoms with van der Waals surface area (Å²) in [7, 11) is 0. The largest absolute Gasteiger partial charge is 0.504 e. The molecule has 1 aromatic heterocycles. The minimum Gasteiger partial charge on any atom is -0.504 e. The molecule has 0 saturated heterocycles. The van der Waals surface area contributed by atoms with Gasteiger partial charge in [-0.25, -0.2) is 0 Å². The Morgan fingerprint density at radius 3 is 2.81 bits per heavy atom. The van der Waals surface area contributed by atoms with Crippen LogP contribution in [0, 0.1) is 13.8 Å². The van der Waals surface area contributed by atoms with Crippen LogP contribution in [0.25, 0.3) is 11.1 Å². The summed E-state index contributed by atoms with van der Waals surface area (Å²) in [5.41, 5.74) is 4.21. The highest BCUT2D eigenvalue weighted by Crippen LogP contribution is 2.38. The average Bonchev–Trinajstić information content (AvgIpc) is 2.90. The number of ether oxygens (including phenoxy) is 1. The van der Waals surface area contributed by atoms with Crippen molar-refractivity contribution >= 4 is 0 Å². The lowest BCUT2D eigenvalue weighted by Gasteiger charge is -2.17. The van der Waals surface area contributed by atoms with Crippen molar-refractivity contribution in [1.29, 1.82) is 0 Å². The molecule has 4 rings (SSSR count). The van der Waals surface area contributed by atoms with Crippen molar-refractivity contribution in [3.05, 3.63) is 59.2 Å². The minimum atomic E-state index is 0.177. The van der Waals surface area contributed by atoms with Crippen LogP contribution in [0.2, 0.25) is 0 Å². The van der Waals surface area contributed by atoms with Gasteiger partial charge >= 0.3 is 0 Å². The summed E-state index contributed by atoms with van der Waals surface area (Å²) in [6, 6.07) is 12.0. The predicted octanol–water partition coefficient (Wildman–Crippen LogP) is 3.45. The zero-order valence-corrected chi connectivity index (χ0v) is 14.9. The lowest BCUT2D eigenvalue weighted by molar-refractivity contribution is 0.195. The van der Waals surface area contributed by atoms with E-state index in [4.69, 9.17) is 9.26 Å². The average molecular weight is 351 g/mol. The maximum absolute atomic E-state index is 10.5. The van der Waals surface area contributed by atoms with Crippen molar-refractivity contribution in [2.75, 3.05) is 13.2 Å². The molecule has 0 unspecified atom stereocenters. The molecular formula is C20H21N3O3. The van der Waals surface area contributed by atoms with Gasteiger partial charge in [0.1, 0.15) is 6.61 Å². The summed E-state index contributed by atoms with van der Waals surface area (Å²) < 4.78 is 11.1. The standard InChI is InChI=1S/C20H21N3O3/c1-13-5-3-4-6-17(13)15-9-16-11-23(12-19-21-14(2)22-26-19)7-8-25-20(16)18(24)10-15/h3-6,9-10,24H,7-8,11-12H2,1-2H3. The van der Waals surface area contributed by atoms with Crippen molar-refractivity contribution in [2.45, 2.75) is 26.9 Å². The molecule has 1 N–H and O–H groups in total. The van der Waals surface area contributed by atoms with Crippen molar-refractivity contribution in [3.63, 3.8) is 0 Å². The van der Waals surface area contributed by atoms with Gasteiger partial charge in [-0.2, -0.15) is 4.98 Å². The van der Waals surface area contributed by atoms with Crippen molar-refractivity contribution < 1.29 is 14.4 Å². The van der Waals surface area contributed by atoms with E-state index in [1.165, 1.54) is 5.56 Å². The van der Waals surface area contributed by atoms with Gasteiger partial charge in [0.05, 0.1) is 6.54 Å². The van der Waals surface area contributed by atoms with Crippen LogP contribution in [-0.4, -0.2) is 33.3 Å². The predicted molar refractivity (Wildman–Crippen MR) is 96.9 cm³/mol. The number of phenolic OH excluding ortho intramolecular Hbond substituents is 1. The van der Waals surface area contributed by atoms with Crippen LogP contribution in [0.5, 0.6) is 11.5 Å². The summed E-state index contributed by atoms with van der Waals surface area (Å²) in [6.07, 6.45) is 0. The van der Waals surface area contributed by atoms with E-state index in [0.29, 0.717) is 37.2 Å². The topological polar surface area (TPSA) is 71.6 Å². The van der Waals surface area contributed by atoms with E-state index in [9.17, 15) is 5.11 Å². The number of hydrogen-bond acceptors (Lipinski definition) is 6. The number of phenols is 1. The fourth-order valence-electron chi connectivity index (χ4n) is 3.34. The molecule has 26 heavy (non-hydrogen) atoms. The molecular weight excluding hydrogens is 330 g/mol. The number of nitrogens with zero attached hydrogens (tertiary/aromatic N) is 3. The maximum atomic E-state index is 10.5. The quantitative estimate of drug-likeness (QED) is 0.779. The molecule has 0 amide bonds. The molecule has 2 heterocycles. The first-order chi connectivity index (χ1) is 12.6. The fraction of sp³-hybridized carbons (Fsp3) is 0.300. The van der Waals surface area contributed by atoms with Gasteiger partial charge in [0.2, 0.25) is 5.89 Å². The lowest BCUT2D eigenvalue weighted by atomic mass is 9.98. The third kappa shape index (κ3) is 3.28. The summed E-state index contributed by atoms with van der Waals surface area (Å²) in [4.78, 5) is 6.46. The summed E-state index contributed by atoms with van der Waals surface area (Å²) in [5.74, 6) is 1.96. The molecule has 0 fully saturated rings. The van der Waals surface area contributed by atoms with E-state index < -0.39 is 0 Å². The van der Waals surface area contributed by atoms with Crippen LogP contribution in [0.4, 0.5) is 0 Å². The monoisotopic (exact) mass is 351 g/mol. The van der Waals surface area contributed by atoms with E-state index >= 15 is 0 Å². The van der Waals surface area contributed by atoms with E-state index in [1.54, 1.807) is 13.0 Å².